The second-order valence-electron chi connectivity index (χ2n) is 3.98. The average Bonchev–Trinajstić information content (AvgIpc) is 2.42. The molecule has 2 aromatic rings. The molecule has 1 amide bonds. The molecular weight excluding hydrogens is 306 g/mol. The lowest BCUT2D eigenvalue weighted by Gasteiger charge is -2.09. The Morgan fingerprint density at radius 1 is 1.26 bits per heavy atom. The van der Waals surface area contributed by atoms with Gasteiger partial charge in [0.2, 0.25) is 0 Å². The molecule has 0 aliphatic rings. The zero-order valence-electron chi connectivity index (χ0n) is 10.3. The zero-order chi connectivity index (χ0) is 13.7. The number of aromatic nitrogens is 1. The highest BCUT2D eigenvalue weighted by Gasteiger charge is 2.12. The van der Waals surface area contributed by atoms with Gasteiger partial charge in [0.1, 0.15) is 5.82 Å². The standard InChI is InChI=1S/C14H14BrN3O/c15-12-6-3-9-17-13(12)18-14(19)11-5-2-1-4-10(11)7-8-16/h1-6,9H,7-8,16H2,(H,17,18,19). The Morgan fingerprint density at radius 3 is 2.79 bits per heavy atom. The first-order valence-corrected chi connectivity index (χ1v) is 6.71. The molecule has 0 fully saturated rings. The van der Waals surface area contributed by atoms with Gasteiger partial charge in [-0.15, -0.1) is 0 Å². The van der Waals surface area contributed by atoms with Gasteiger partial charge >= 0.3 is 0 Å². The molecule has 98 valence electrons. The van der Waals surface area contributed by atoms with Crippen molar-refractivity contribution in [2.24, 2.45) is 5.73 Å². The Balaban J connectivity index is 2.23. The fraction of sp³-hybridized carbons (Fsp3) is 0.143. The highest BCUT2D eigenvalue weighted by Crippen LogP contribution is 2.20. The SMILES string of the molecule is NCCc1ccccc1C(=O)Nc1ncccc1Br. The summed E-state index contributed by atoms with van der Waals surface area (Å²) in [5.74, 6) is 0.332. The van der Waals surface area contributed by atoms with E-state index in [0.717, 1.165) is 10.0 Å². The molecule has 0 aliphatic carbocycles. The molecule has 0 radical (unpaired) electrons. The average molecular weight is 320 g/mol. The second-order valence-corrected chi connectivity index (χ2v) is 4.84. The first-order valence-electron chi connectivity index (χ1n) is 5.92. The molecule has 1 aromatic carbocycles. The number of rotatable bonds is 4. The Kier molecular flexibility index (Phi) is 4.65. The van der Waals surface area contributed by atoms with Crippen molar-refractivity contribution in [3.05, 3.63) is 58.2 Å². The van der Waals surface area contributed by atoms with E-state index < -0.39 is 0 Å². The van der Waals surface area contributed by atoms with Crippen LogP contribution in [0.3, 0.4) is 0 Å². The maximum absolute atomic E-state index is 12.2. The molecule has 1 aromatic heterocycles. The third-order valence-corrected chi connectivity index (χ3v) is 3.31. The number of hydrogen-bond donors (Lipinski definition) is 2. The lowest BCUT2D eigenvalue weighted by molar-refractivity contribution is 0.102. The van der Waals surface area contributed by atoms with Gasteiger partial charge in [-0.05, 0) is 52.7 Å². The van der Waals surface area contributed by atoms with Crippen molar-refractivity contribution in [2.75, 3.05) is 11.9 Å². The normalized spacial score (nSPS) is 10.2. The molecule has 19 heavy (non-hydrogen) atoms. The lowest BCUT2D eigenvalue weighted by Crippen LogP contribution is -2.16. The number of nitrogens with two attached hydrogens (primary N) is 1. The third kappa shape index (κ3) is 3.39. The largest absolute Gasteiger partial charge is 0.330 e. The van der Waals surface area contributed by atoms with Crippen LogP contribution in [0.15, 0.2) is 47.1 Å². The summed E-state index contributed by atoms with van der Waals surface area (Å²) >= 11 is 3.35. The van der Waals surface area contributed by atoms with Crippen LogP contribution in [0, 0.1) is 0 Å². The Morgan fingerprint density at radius 2 is 2.05 bits per heavy atom. The molecule has 3 N–H and O–H groups in total. The van der Waals surface area contributed by atoms with Gasteiger partial charge in [-0.3, -0.25) is 4.79 Å². The third-order valence-electron chi connectivity index (χ3n) is 2.67. The van der Waals surface area contributed by atoms with Crippen molar-refractivity contribution in [1.82, 2.24) is 4.98 Å². The summed E-state index contributed by atoms with van der Waals surface area (Å²) in [4.78, 5) is 16.4. The first-order chi connectivity index (χ1) is 9.22. The van der Waals surface area contributed by atoms with Crippen molar-refractivity contribution in [1.29, 1.82) is 0 Å². The fourth-order valence-corrected chi connectivity index (χ4v) is 2.12. The molecule has 0 saturated heterocycles. The number of benzene rings is 1. The smallest absolute Gasteiger partial charge is 0.257 e. The van der Waals surface area contributed by atoms with Crippen LogP contribution < -0.4 is 11.1 Å². The number of pyridine rings is 1. The van der Waals surface area contributed by atoms with Crippen molar-refractivity contribution < 1.29 is 4.79 Å². The molecule has 2 rings (SSSR count). The minimum atomic E-state index is -0.177. The van der Waals surface area contributed by atoms with Crippen LogP contribution in [0.2, 0.25) is 0 Å². The fourth-order valence-electron chi connectivity index (χ4n) is 1.77. The first kappa shape index (κ1) is 13.7. The van der Waals surface area contributed by atoms with E-state index in [1.54, 1.807) is 18.3 Å². The van der Waals surface area contributed by atoms with E-state index in [-0.39, 0.29) is 5.91 Å². The van der Waals surface area contributed by atoms with E-state index in [4.69, 9.17) is 5.73 Å². The van der Waals surface area contributed by atoms with E-state index in [1.165, 1.54) is 0 Å². The quantitative estimate of drug-likeness (QED) is 0.910. The number of carbonyl (C=O) groups is 1. The van der Waals surface area contributed by atoms with E-state index in [0.29, 0.717) is 24.3 Å². The predicted octanol–water partition coefficient (Wildman–Crippen LogP) is 2.60. The second kappa shape index (κ2) is 6.45. The molecule has 0 bridgehead atoms. The number of nitrogens with one attached hydrogen (secondary N) is 1. The highest BCUT2D eigenvalue weighted by atomic mass is 79.9. The Bertz CT molecular complexity index is 586. The number of hydrogen-bond acceptors (Lipinski definition) is 3. The van der Waals surface area contributed by atoms with Crippen LogP contribution in [0.25, 0.3) is 0 Å². The summed E-state index contributed by atoms with van der Waals surface area (Å²) in [5.41, 5.74) is 7.12. The molecular formula is C14H14BrN3O. The van der Waals surface area contributed by atoms with Crippen molar-refractivity contribution in [3.63, 3.8) is 0 Å². The van der Waals surface area contributed by atoms with Gasteiger partial charge in [-0.25, -0.2) is 4.98 Å². The zero-order valence-corrected chi connectivity index (χ0v) is 11.9. The summed E-state index contributed by atoms with van der Waals surface area (Å²) in [5, 5.41) is 2.79. The van der Waals surface area contributed by atoms with Crippen LogP contribution in [-0.4, -0.2) is 17.4 Å². The lowest BCUT2D eigenvalue weighted by atomic mass is 10.0. The van der Waals surface area contributed by atoms with E-state index in [9.17, 15) is 4.79 Å². The predicted molar refractivity (Wildman–Crippen MR) is 79.1 cm³/mol. The van der Waals surface area contributed by atoms with Gasteiger partial charge in [0.05, 0.1) is 4.47 Å². The summed E-state index contributed by atoms with van der Waals surface area (Å²) in [7, 11) is 0. The molecule has 1 heterocycles. The van der Waals surface area contributed by atoms with Gasteiger partial charge < -0.3 is 11.1 Å². The number of anilines is 1. The van der Waals surface area contributed by atoms with Crippen LogP contribution in [0.4, 0.5) is 5.82 Å². The van der Waals surface area contributed by atoms with Crippen molar-refractivity contribution >= 4 is 27.7 Å². The molecule has 0 unspecified atom stereocenters. The molecule has 5 heteroatoms. The molecule has 0 spiro atoms. The minimum absolute atomic E-state index is 0.177. The number of nitrogens with zero attached hydrogens (tertiary/aromatic N) is 1. The highest BCUT2D eigenvalue weighted by molar-refractivity contribution is 9.10. The van der Waals surface area contributed by atoms with E-state index in [1.807, 2.05) is 24.3 Å². The minimum Gasteiger partial charge on any atom is -0.330 e. The summed E-state index contributed by atoms with van der Waals surface area (Å²) in [6.45, 7) is 0.511. The number of halogens is 1. The van der Waals surface area contributed by atoms with Crippen LogP contribution in [0.1, 0.15) is 15.9 Å². The van der Waals surface area contributed by atoms with Gasteiger partial charge in [0.15, 0.2) is 0 Å². The monoisotopic (exact) mass is 319 g/mol. The van der Waals surface area contributed by atoms with Crippen molar-refractivity contribution in [2.45, 2.75) is 6.42 Å². The Labute approximate surface area is 120 Å². The Hall–Kier alpha value is -1.72. The topological polar surface area (TPSA) is 68.0 Å². The molecule has 0 saturated carbocycles. The number of amides is 1. The summed E-state index contributed by atoms with van der Waals surface area (Å²) < 4.78 is 0.750. The van der Waals surface area contributed by atoms with Crippen LogP contribution in [0.5, 0.6) is 0 Å². The van der Waals surface area contributed by atoms with Gasteiger partial charge in [-0.2, -0.15) is 0 Å². The maximum atomic E-state index is 12.2. The summed E-state index contributed by atoms with van der Waals surface area (Å²) in [6.07, 6.45) is 2.30. The molecule has 4 nitrogen and oxygen atoms in total. The van der Waals surface area contributed by atoms with Crippen LogP contribution >= 0.6 is 15.9 Å². The number of carbonyl (C=O) groups excluding carboxylic acids is 1. The molecule has 0 aliphatic heterocycles. The van der Waals surface area contributed by atoms with Crippen LogP contribution in [-0.2, 0) is 6.42 Å². The maximum Gasteiger partial charge on any atom is 0.257 e. The van der Waals surface area contributed by atoms with E-state index >= 15 is 0 Å². The summed E-state index contributed by atoms with van der Waals surface area (Å²) in [6, 6.07) is 11.1. The molecule has 0 atom stereocenters. The van der Waals surface area contributed by atoms with Gasteiger partial charge in [0.25, 0.3) is 5.91 Å². The van der Waals surface area contributed by atoms with Gasteiger partial charge in [0, 0.05) is 11.8 Å². The van der Waals surface area contributed by atoms with Gasteiger partial charge in [-0.1, -0.05) is 18.2 Å². The van der Waals surface area contributed by atoms with E-state index in [2.05, 4.69) is 26.2 Å². The van der Waals surface area contributed by atoms with Crippen molar-refractivity contribution in [3.8, 4) is 0 Å².